The molecule has 3 aliphatic heterocycles. The van der Waals surface area contributed by atoms with Crippen LogP contribution < -0.4 is 53.2 Å². The predicted octanol–water partition coefficient (Wildman–Crippen LogP) is -4.77. The maximum absolute atomic E-state index is 14.0. The van der Waals surface area contributed by atoms with Crippen LogP contribution in [0.15, 0.2) is 0 Å². The molecule has 0 aromatic heterocycles. The molecule has 7 unspecified atom stereocenters. The van der Waals surface area contributed by atoms with E-state index >= 15 is 0 Å². The summed E-state index contributed by atoms with van der Waals surface area (Å²) in [6.07, 6.45) is -11.7. The largest absolute Gasteiger partial charge is 0.394 e. The van der Waals surface area contributed by atoms with E-state index in [1.165, 1.54) is 20.8 Å². The molecule has 0 aromatic rings. The number of aliphatic hydroxyl groups is 9. The zero-order valence-corrected chi connectivity index (χ0v) is 69.2. The van der Waals surface area contributed by atoms with Gasteiger partial charge >= 0.3 is 7.60 Å². The molecule has 676 valence electrons. The van der Waals surface area contributed by atoms with E-state index in [1.54, 1.807) is 20.8 Å². The lowest BCUT2D eigenvalue weighted by Crippen LogP contribution is -2.64. The lowest BCUT2D eigenvalue weighted by molar-refractivity contribution is -0.270. The van der Waals surface area contributed by atoms with Crippen LogP contribution in [0, 0.1) is 0 Å². The van der Waals surface area contributed by atoms with Gasteiger partial charge in [-0.25, -0.2) is 0 Å². The van der Waals surface area contributed by atoms with E-state index in [2.05, 4.69) is 53.2 Å². The van der Waals surface area contributed by atoms with Crippen molar-refractivity contribution in [1.82, 2.24) is 53.2 Å². The van der Waals surface area contributed by atoms with E-state index in [1.807, 2.05) is 0 Å². The standard InChI is InChI=1S/C74H133N10O32P/c1-47(88)81-61-67(102)64(99)51(41-85)114-70(61)110-34-14-20-50(91)19-9-11-29-76-57(95)25-38-107-44-74(84-60(98)22-13-21-54(92)75-28-10-7-8-12-37-113-117(105,106)73(4,5)6,45-108-39-26-58(96)79-32-17-30-77-55(93)23-15-35-111-71-62(82-48(2)89)68(103)65(100)52(42-86)115-71)46-109-40-27-59(97)80-33-18-31-78-56(94)24-16-36-112-72-63(83-49(3)90)69(104)66(101)53(43-87)116-72/h51-53,61-72,85-87,99-104H,7-46H2,1-6H3,(H,75,92)(H,76,95)(H,77,93)(H,78,94)(H,79,96)(H,80,97)(H,81,88)(H,82,89)(H,83,90)(H,84,98)(H,105,106)/t51?,52?,53?,61?,62?,63?,64-,65-,66-,67-,68-,69-,70-,71-,72-,74?/m1/s1. The first kappa shape index (κ1) is 105. The van der Waals surface area contributed by atoms with E-state index in [-0.39, 0.29) is 206 Å². The Morgan fingerprint density at radius 2 is 0.650 bits per heavy atom. The molecule has 20 N–H and O–H groups in total. The van der Waals surface area contributed by atoms with Crippen molar-refractivity contribution in [2.24, 2.45) is 0 Å². The molecule has 3 heterocycles. The van der Waals surface area contributed by atoms with E-state index in [4.69, 9.17) is 47.2 Å². The lowest BCUT2D eigenvalue weighted by atomic mass is 9.97. The molecule has 3 rings (SSSR count). The summed E-state index contributed by atoms with van der Waals surface area (Å²) in [5.74, 6) is -4.47. The SMILES string of the molecule is CC(=O)NC1[C@H](OCCCC(=O)CCCCNC(=O)CCOCC(COCCC(=O)NCCCNC(=O)CCCO[C@@H]2OC(CO)[C@@H](O)[C@H](O)C2NC(C)=O)(COCCC(=O)NCCCNC(=O)CCCO[C@@H]2OC(CO)[C@@H](O)[C@H](O)C2NC(C)=O)NC(=O)CCCC(=O)NCCCCCCOP(=O)(O)C(C)(C)C)OC(CO)[C@@H](O)[C@@H]1O. The van der Waals surface area contributed by atoms with Gasteiger partial charge in [0.2, 0.25) is 59.1 Å². The molecule has 43 heteroatoms. The van der Waals surface area contributed by atoms with Gasteiger partial charge in [0.1, 0.15) is 84.4 Å². The highest BCUT2D eigenvalue weighted by Crippen LogP contribution is 2.54. The van der Waals surface area contributed by atoms with Crippen molar-refractivity contribution < 1.29 is 155 Å². The van der Waals surface area contributed by atoms with Gasteiger partial charge in [-0.15, -0.1) is 0 Å². The summed E-state index contributed by atoms with van der Waals surface area (Å²) < 4.78 is 69.5. The van der Waals surface area contributed by atoms with Crippen LogP contribution in [0.3, 0.4) is 0 Å². The Labute approximate surface area is 682 Å². The van der Waals surface area contributed by atoms with Crippen molar-refractivity contribution in [3.05, 3.63) is 0 Å². The van der Waals surface area contributed by atoms with E-state index in [0.717, 1.165) is 0 Å². The molecule has 10 amide bonds. The van der Waals surface area contributed by atoms with E-state index in [0.29, 0.717) is 57.9 Å². The van der Waals surface area contributed by atoms with Crippen molar-refractivity contribution in [2.45, 2.75) is 279 Å². The molecule has 0 radical (unpaired) electrons. The first-order chi connectivity index (χ1) is 55.6. The number of ether oxygens (including phenoxy) is 9. The van der Waals surface area contributed by atoms with Crippen LogP contribution in [0.1, 0.15) is 176 Å². The first-order valence-electron chi connectivity index (χ1n) is 40.2. The van der Waals surface area contributed by atoms with Gasteiger partial charge in [0.05, 0.1) is 91.0 Å². The number of carbonyl (C=O) groups excluding carboxylic acids is 11. The minimum atomic E-state index is -3.79. The minimum Gasteiger partial charge on any atom is -0.394 e. The molecule has 42 nitrogen and oxygen atoms in total. The summed E-state index contributed by atoms with van der Waals surface area (Å²) in [4.78, 5) is 150. The number of unbranched alkanes of at least 4 members (excludes halogenated alkanes) is 4. The Balaban J connectivity index is 1.62. The van der Waals surface area contributed by atoms with E-state index < -0.39 is 171 Å². The second-order valence-electron chi connectivity index (χ2n) is 30.1. The van der Waals surface area contributed by atoms with Gasteiger partial charge in [0, 0.05) is 118 Å². The summed E-state index contributed by atoms with van der Waals surface area (Å²) in [5, 5.41) is 117. The van der Waals surface area contributed by atoms with Gasteiger partial charge in [-0.1, -0.05) is 12.8 Å². The molecule has 16 atom stereocenters. The van der Waals surface area contributed by atoms with Crippen molar-refractivity contribution in [3.8, 4) is 0 Å². The molecule has 0 saturated carbocycles. The molecule has 3 fully saturated rings. The second-order valence-corrected chi connectivity index (χ2v) is 32.7. The third kappa shape index (κ3) is 42.7. The number of ketones is 1. The molecule has 0 bridgehead atoms. The normalized spacial score (nSPS) is 24.3. The van der Waals surface area contributed by atoms with Crippen LogP contribution in [-0.4, -0.2) is 343 Å². The highest BCUT2D eigenvalue weighted by Gasteiger charge is 2.48. The number of nitrogens with one attached hydrogen (secondary N) is 10. The van der Waals surface area contributed by atoms with Gasteiger partial charge in [0.15, 0.2) is 18.9 Å². The summed E-state index contributed by atoms with van der Waals surface area (Å²) in [6, 6.07) is -3.42. The topological polar surface area (TPSA) is 620 Å². The van der Waals surface area contributed by atoms with Crippen LogP contribution in [0.25, 0.3) is 0 Å². The van der Waals surface area contributed by atoms with Crippen molar-refractivity contribution in [1.29, 1.82) is 0 Å². The Hall–Kier alpha value is -6.20. The van der Waals surface area contributed by atoms with Crippen LogP contribution in [0.4, 0.5) is 0 Å². The Kier molecular flexibility index (Phi) is 52.0. The monoisotopic (exact) mass is 1700 g/mol. The molecular weight excluding hydrogens is 1570 g/mol. The fourth-order valence-corrected chi connectivity index (χ4v) is 12.8. The van der Waals surface area contributed by atoms with Gasteiger partial charge < -0.3 is 151 Å². The Morgan fingerprint density at radius 1 is 0.350 bits per heavy atom. The fraction of sp³-hybridized carbons (Fsp3) is 0.851. The summed E-state index contributed by atoms with van der Waals surface area (Å²) in [5.41, 5.74) is -1.54. The molecule has 0 aromatic carbocycles. The van der Waals surface area contributed by atoms with Crippen molar-refractivity contribution in [2.75, 3.05) is 125 Å². The van der Waals surface area contributed by atoms with E-state index in [9.17, 15) is 108 Å². The lowest BCUT2D eigenvalue weighted by Gasteiger charge is -2.42. The fourth-order valence-electron chi connectivity index (χ4n) is 12.1. The van der Waals surface area contributed by atoms with Crippen molar-refractivity contribution in [3.63, 3.8) is 0 Å². The molecular formula is C74H133N10O32P. The quantitative estimate of drug-likeness (QED) is 0.0201. The third-order valence-corrected chi connectivity index (χ3v) is 21.0. The molecule has 3 saturated heterocycles. The summed E-state index contributed by atoms with van der Waals surface area (Å²) in [7, 11) is -3.79. The minimum absolute atomic E-state index is 0.00706. The average Bonchev–Trinajstić information content (AvgIpc) is 0.822. The smallest absolute Gasteiger partial charge is 0.333 e. The number of rotatable bonds is 62. The predicted molar refractivity (Wildman–Crippen MR) is 413 cm³/mol. The van der Waals surface area contributed by atoms with Gasteiger partial charge in [-0.05, 0) is 85.0 Å². The maximum Gasteiger partial charge on any atom is 0.333 e. The van der Waals surface area contributed by atoms with Crippen LogP contribution in [0.2, 0.25) is 0 Å². The summed E-state index contributed by atoms with van der Waals surface area (Å²) in [6.45, 7) is 6.25. The maximum atomic E-state index is 14.0. The highest BCUT2D eigenvalue weighted by molar-refractivity contribution is 7.54. The number of hydrogen-bond donors (Lipinski definition) is 20. The number of aliphatic hydroxyl groups excluding tert-OH is 9. The molecule has 0 aliphatic carbocycles. The zero-order valence-electron chi connectivity index (χ0n) is 68.3. The molecule has 3 aliphatic rings. The number of Topliss-reactive ketones (excluding diaryl/α,β-unsaturated/α-hetero) is 1. The van der Waals surface area contributed by atoms with Gasteiger partial charge in [-0.3, -0.25) is 57.3 Å². The van der Waals surface area contributed by atoms with Crippen LogP contribution in [0.5, 0.6) is 0 Å². The number of carbonyl (C=O) groups is 11. The Morgan fingerprint density at radius 3 is 0.991 bits per heavy atom. The zero-order chi connectivity index (χ0) is 86.9. The third-order valence-electron chi connectivity index (χ3n) is 18.8. The summed E-state index contributed by atoms with van der Waals surface area (Å²) >= 11 is 0. The highest BCUT2D eigenvalue weighted by atomic mass is 31.2. The van der Waals surface area contributed by atoms with Crippen LogP contribution in [-0.2, 0) is 104 Å². The second kappa shape index (κ2) is 57.9. The Bertz CT molecular complexity index is 2780. The van der Waals surface area contributed by atoms with Gasteiger partial charge in [0.25, 0.3) is 0 Å². The van der Waals surface area contributed by atoms with Crippen LogP contribution >= 0.6 is 7.60 Å². The molecule has 0 spiro atoms. The first-order valence-corrected chi connectivity index (χ1v) is 41.8. The van der Waals surface area contributed by atoms with Crippen molar-refractivity contribution >= 4 is 72.5 Å². The number of amides is 10. The van der Waals surface area contributed by atoms with Gasteiger partial charge in [-0.2, -0.15) is 0 Å². The average molecular weight is 1710 g/mol. The number of hydrogen-bond acceptors (Lipinski definition) is 31. The molecule has 117 heavy (non-hydrogen) atoms.